The summed E-state index contributed by atoms with van der Waals surface area (Å²) >= 11 is 2.54. The summed E-state index contributed by atoms with van der Waals surface area (Å²) in [5.41, 5.74) is -1.02. The number of alkyl halides is 6. The van der Waals surface area contributed by atoms with Crippen LogP contribution in [0.1, 0.15) is 23.0 Å². The van der Waals surface area contributed by atoms with Crippen molar-refractivity contribution in [3.63, 3.8) is 0 Å². The van der Waals surface area contributed by atoms with E-state index in [2.05, 4.69) is 0 Å². The fourth-order valence-corrected chi connectivity index (χ4v) is 3.60. The topological polar surface area (TPSA) is 17.1 Å². The maximum Gasteiger partial charge on any atom is 0.402 e. The predicted molar refractivity (Wildman–Crippen MR) is 99.0 cm³/mol. The van der Waals surface area contributed by atoms with Crippen LogP contribution in [0.3, 0.4) is 0 Å². The van der Waals surface area contributed by atoms with Gasteiger partial charge in [-0.3, -0.25) is 4.79 Å². The number of carbonyl (C=O) groups excluding carboxylic acids is 1. The monoisotopic (exact) mass is 438 g/mol. The Hall–Kier alpha value is -1.61. The van der Waals surface area contributed by atoms with Gasteiger partial charge in [-0.1, -0.05) is 24.3 Å². The van der Waals surface area contributed by atoms with Crippen LogP contribution in [0.4, 0.5) is 26.3 Å². The Labute approximate surface area is 166 Å². The molecular weight excluding hydrogens is 422 g/mol. The molecule has 2 atom stereocenters. The third-order valence-electron chi connectivity index (χ3n) is 4.12. The molecule has 0 aromatic heterocycles. The van der Waals surface area contributed by atoms with Crippen molar-refractivity contribution in [2.24, 2.45) is 0 Å². The van der Waals surface area contributed by atoms with Crippen LogP contribution in [0.15, 0.2) is 58.3 Å². The number of benzene rings is 2. The third-order valence-corrected chi connectivity index (χ3v) is 5.61. The molecule has 2 aromatic rings. The Morgan fingerprint density at radius 2 is 0.964 bits per heavy atom. The predicted octanol–water partition coefficient (Wildman–Crippen LogP) is 6.69. The van der Waals surface area contributed by atoms with Gasteiger partial charge in [-0.05, 0) is 47.9 Å². The van der Waals surface area contributed by atoms with Crippen LogP contribution in [-0.2, 0) is 4.79 Å². The van der Waals surface area contributed by atoms with Crippen molar-refractivity contribution in [1.82, 2.24) is 0 Å². The van der Waals surface area contributed by atoms with Gasteiger partial charge in [0.2, 0.25) is 0 Å². The molecule has 0 bridgehead atoms. The average molecular weight is 438 g/mol. The summed E-state index contributed by atoms with van der Waals surface area (Å²) in [5.74, 6) is -7.67. The van der Waals surface area contributed by atoms with Crippen LogP contribution in [0.5, 0.6) is 0 Å². The van der Waals surface area contributed by atoms with Crippen molar-refractivity contribution < 1.29 is 31.1 Å². The number of carbonyl (C=O) groups is 1. The van der Waals surface area contributed by atoms with Crippen molar-refractivity contribution in [2.75, 3.05) is 12.5 Å². The molecule has 0 saturated carbocycles. The average Bonchev–Trinajstić information content (AvgIpc) is 2.61. The zero-order valence-corrected chi connectivity index (χ0v) is 16.4. The highest BCUT2D eigenvalue weighted by molar-refractivity contribution is 7.98. The molecule has 9 heteroatoms. The summed E-state index contributed by atoms with van der Waals surface area (Å²) in [5, 5.41) is 0. The van der Waals surface area contributed by atoms with E-state index in [9.17, 15) is 31.1 Å². The lowest BCUT2D eigenvalue weighted by atomic mass is 9.83. The SMILES string of the molecule is CSc1ccc(C(C(=O)C(c2ccc(SC)cc2)C(F)(F)F)C(F)(F)F)cc1. The van der Waals surface area contributed by atoms with Gasteiger partial charge in [-0.25, -0.2) is 0 Å². The molecule has 152 valence electrons. The van der Waals surface area contributed by atoms with E-state index in [1.165, 1.54) is 47.8 Å². The zero-order chi connectivity index (χ0) is 21.1. The summed E-state index contributed by atoms with van der Waals surface area (Å²) in [6.45, 7) is 0. The highest BCUT2D eigenvalue weighted by atomic mass is 32.2. The molecule has 2 rings (SSSR count). The van der Waals surface area contributed by atoms with E-state index in [1.807, 2.05) is 0 Å². The lowest BCUT2D eigenvalue weighted by molar-refractivity contribution is -0.183. The highest BCUT2D eigenvalue weighted by Crippen LogP contribution is 2.45. The summed E-state index contributed by atoms with van der Waals surface area (Å²) in [7, 11) is 0. The van der Waals surface area contributed by atoms with Gasteiger partial charge in [0.05, 0.1) is 0 Å². The van der Waals surface area contributed by atoms with E-state index in [4.69, 9.17) is 0 Å². The lowest BCUT2D eigenvalue weighted by Crippen LogP contribution is -2.38. The molecule has 0 spiro atoms. The van der Waals surface area contributed by atoms with Crippen molar-refractivity contribution in [2.45, 2.75) is 34.0 Å². The second-order valence-electron chi connectivity index (χ2n) is 5.90. The van der Waals surface area contributed by atoms with Gasteiger partial charge in [0.25, 0.3) is 0 Å². The highest BCUT2D eigenvalue weighted by Gasteiger charge is 2.55. The van der Waals surface area contributed by atoms with E-state index < -0.39 is 41.1 Å². The van der Waals surface area contributed by atoms with Gasteiger partial charge in [0.15, 0.2) is 5.78 Å². The fraction of sp³-hybridized carbons (Fsp3) is 0.316. The normalized spacial score (nSPS) is 14.6. The smallest absolute Gasteiger partial charge is 0.298 e. The molecule has 0 fully saturated rings. The Morgan fingerprint density at radius 1 is 0.679 bits per heavy atom. The molecule has 0 heterocycles. The van der Waals surface area contributed by atoms with Crippen molar-refractivity contribution >= 4 is 29.3 Å². The fourth-order valence-electron chi connectivity index (χ4n) is 2.79. The number of hydrogen-bond acceptors (Lipinski definition) is 3. The van der Waals surface area contributed by atoms with Gasteiger partial charge < -0.3 is 0 Å². The van der Waals surface area contributed by atoms with Crippen molar-refractivity contribution in [3.05, 3.63) is 59.7 Å². The van der Waals surface area contributed by atoms with E-state index in [0.29, 0.717) is 9.79 Å². The second kappa shape index (κ2) is 8.82. The number of hydrogen-bond donors (Lipinski definition) is 0. The quantitative estimate of drug-likeness (QED) is 0.369. The van der Waals surface area contributed by atoms with Crippen LogP contribution in [0.2, 0.25) is 0 Å². The number of thioether (sulfide) groups is 2. The Bertz CT molecular complexity index is 730. The number of rotatable bonds is 6. The zero-order valence-electron chi connectivity index (χ0n) is 14.8. The number of Topliss-reactive ketones (excluding diaryl/α,β-unsaturated/α-hetero) is 1. The molecule has 0 N–H and O–H groups in total. The first-order valence-electron chi connectivity index (χ1n) is 7.94. The molecule has 28 heavy (non-hydrogen) atoms. The van der Waals surface area contributed by atoms with Gasteiger partial charge in [-0.15, -0.1) is 23.5 Å². The first kappa shape index (κ1) is 22.7. The molecule has 1 nitrogen and oxygen atoms in total. The molecule has 0 saturated heterocycles. The molecule has 0 radical (unpaired) electrons. The summed E-state index contributed by atoms with van der Waals surface area (Å²) in [6.07, 6.45) is -6.89. The number of halogens is 6. The van der Waals surface area contributed by atoms with Gasteiger partial charge in [-0.2, -0.15) is 26.3 Å². The Morgan fingerprint density at radius 3 is 1.18 bits per heavy atom. The molecule has 0 amide bonds. The lowest BCUT2D eigenvalue weighted by Gasteiger charge is -2.26. The van der Waals surface area contributed by atoms with Gasteiger partial charge in [0, 0.05) is 9.79 Å². The van der Waals surface area contributed by atoms with Crippen LogP contribution < -0.4 is 0 Å². The maximum atomic E-state index is 13.6. The second-order valence-corrected chi connectivity index (χ2v) is 7.66. The summed E-state index contributed by atoms with van der Waals surface area (Å²) < 4.78 is 81.7. The minimum Gasteiger partial charge on any atom is -0.298 e. The Balaban J connectivity index is 2.53. The molecule has 2 unspecified atom stereocenters. The molecule has 0 aliphatic heterocycles. The van der Waals surface area contributed by atoms with E-state index in [0.717, 1.165) is 24.3 Å². The first-order valence-corrected chi connectivity index (χ1v) is 10.4. The first-order chi connectivity index (χ1) is 13.0. The summed E-state index contributed by atoms with van der Waals surface area (Å²) in [6, 6.07) is 9.59. The van der Waals surface area contributed by atoms with E-state index in [-0.39, 0.29) is 0 Å². The van der Waals surface area contributed by atoms with Crippen LogP contribution in [0.25, 0.3) is 0 Å². The largest absolute Gasteiger partial charge is 0.402 e. The van der Waals surface area contributed by atoms with Gasteiger partial charge >= 0.3 is 12.4 Å². The minimum atomic E-state index is -5.15. The third kappa shape index (κ3) is 5.26. The van der Waals surface area contributed by atoms with Gasteiger partial charge in [0.1, 0.15) is 11.8 Å². The van der Waals surface area contributed by atoms with Crippen LogP contribution in [0, 0.1) is 0 Å². The van der Waals surface area contributed by atoms with Crippen molar-refractivity contribution in [1.29, 1.82) is 0 Å². The number of ketones is 1. The molecule has 0 aliphatic carbocycles. The maximum absolute atomic E-state index is 13.6. The van der Waals surface area contributed by atoms with Crippen LogP contribution >= 0.6 is 23.5 Å². The van der Waals surface area contributed by atoms with Crippen molar-refractivity contribution in [3.8, 4) is 0 Å². The molecular formula is C19H16F6OS2. The standard InChI is InChI=1S/C19H16F6OS2/c1-27-13-7-3-11(4-8-13)15(18(20,21)22)17(26)16(19(23,24)25)12-5-9-14(28-2)10-6-12/h3-10,15-16H,1-2H3. The summed E-state index contributed by atoms with van der Waals surface area (Å²) in [4.78, 5) is 13.9. The van der Waals surface area contributed by atoms with E-state index >= 15 is 0 Å². The molecule has 2 aromatic carbocycles. The minimum absolute atomic E-state index is 0.509. The Kier molecular flexibility index (Phi) is 7.14. The van der Waals surface area contributed by atoms with E-state index in [1.54, 1.807) is 12.5 Å². The van der Waals surface area contributed by atoms with Crippen LogP contribution in [-0.4, -0.2) is 30.6 Å². The molecule has 0 aliphatic rings.